The molecular formula is C12H10N4S. The first-order valence-corrected chi connectivity index (χ1v) is 6.05. The second-order valence-corrected chi connectivity index (χ2v) is 4.55. The molecule has 0 bridgehead atoms. The number of fused-ring (bicyclic) bond motifs is 1. The van der Waals surface area contributed by atoms with Gasteiger partial charge >= 0.3 is 0 Å². The molecule has 2 aromatic heterocycles. The Hall–Kier alpha value is -2.01. The quantitative estimate of drug-likeness (QED) is 0.750. The second-order valence-electron chi connectivity index (χ2n) is 3.57. The van der Waals surface area contributed by atoms with Crippen LogP contribution in [0.15, 0.2) is 36.5 Å². The van der Waals surface area contributed by atoms with Gasteiger partial charge in [-0.15, -0.1) is 10.2 Å². The minimum Gasteiger partial charge on any atom is -0.363 e. The summed E-state index contributed by atoms with van der Waals surface area (Å²) >= 11 is 1.53. The van der Waals surface area contributed by atoms with Gasteiger partial charge in [0.15, 0.2) is 0 Å². The van der Waals surface area contributed by atoms with E-state index in [4.69, 9.17) is 0 Å². The standard InChI is InChI=1S/C12H10N4S/c1-13-12-16-15-11(17-12)9-5-4-8-3-2-6-14-10(8)7-9/h2-7H,1H3,(H,13,16). The molecule has 84 valence electrons. The lowest BCUT2D eigenvalue weighted by Crippen LogP contribution is -1.84. The summed E-state index contributed by atoms with van der Waals surface area (Å²) in [6, 6.07) is 10.1. The van der Waals surface area contributed by atoms with Crippen molar-refractivity contribution in [3.8, 4) is 10.6 Å². The number of benzene rings is 1. The summed E-state index contributed by atoms with van der Waals surface area (Å²) in [5.41, 5.74) is 2.03. The minimum atomic E-state index is 0.820. The van der Waals surface area contributed by atoms with Crippen LogP contribution < -0.4 is 5.32 Å². The highest BCUT2D eigenvalue weighted by Gasteiger charge is 2.06. The van der Waals surface area contributed by atoms with Gasteiger partial charge in [-0.3, -0.25) is 4.98 Å². The maximum absolute atomic E-state index is 4.34. The molecule has 0 saturated carbocycles. The van der Waals surface area contributed by atoms with Crippen molar-refractivity contribution in [3.05, 3.63) is 36.5 Å². The fraction of sp³-hybridized carbons (Fsp3) is 0.0833. The van der Waals surface area contributed by atoms with Crippen LogP contribution in [0.3, 0.4) is 0 Å². The van der Waals surface area contributed by atoms with Gasteiger partial charge in [0.1, 0.15) is 5.01 Å². The van der Waals surface area contributed by atoms with E-state index in [9.17, 15) is 0 Å². The number of pyridine rings is 1. The van der Waals surface area contributed by atoms with Crippen LogP contribution in [0, 0.1) is 0 Å². The normalized spacial score (nSPS) is 10.6. The summed E-state index contributed by atoms with van der Waals surface area (Å²) in [6.07, 6.45) is 1.80. The Kier molecular flexibility index (Phi) is 2.45. The Morgan fingerprint density at radius 1 is 1.18 bits per heavy atom. The Labute approximate surface area is 102 Å². The number of hydrogen-bond donors (Lipinski definition) is 1. The highest BCUT2D eigenvalue weighted by molar-refractivity contribution is 7.18. The molecule has 1 N–H and O–H groups in total. The van der Waals surface area contributed by atoms with E-state index >= 15 is 0 Å². The number of rotatable bonds is 2. The van der Waals surface area contributed by atoms with Gasteiger partial charge in [0.05, 0.1) is 5.52 Å². The molecule has 0 fully saturated rings. The molecule has 0 amide bonds. The van der Waals surface area contributed by atoms with Crippen molar-refractivity contribution in [3.63, 3.8) is 0 Å². The van der Waals surface area contributed by atoms with Gasteiger partial charge in [0, 0.05) is 24.2 Å². The number of aromatic nitrogens is 3. The van der Waals surface area contributed by atoms with Crippen LogP contribution in [0.5, 0.6) is 0 Å². The lowest BCUT2D eigenvalue weighted by atomic mass is 10.1. The van der Waals surface area contributed by atoms with Crippen LogP contribution in [-0.4, -0.2) is 22.2 Å². The molecule has 5 heteroatoms. The molecule has 0 unspecified atom stereocenters. The SMILES string of the molecule is CNc1nnc(-c2ccc3cccnc3c2)s1. The molecule has 3 aromatic rings. The first-order chi connectivity index (χ1) is 8.36. The smallest absolute Gasteiger partial charge is 0.205 e. The van der Waals surface area contributed by atoms with Gasteiger partial charge in [-0.1, -0.05) is 29.5 Å². The van der Waals surface area contributed by atoms with Crippen molar-refractivity contribution in [2.75, 3.05) is 12.4 Å². The molecular weight excluding hydrogens is 232 g/mol. The fourth-order valence-electron chi connectivity index (χ4n) is 1.64. The maximum atomic E-state index is 4.34. The molecule has 0 aliphatic rings. The molecule has 0 saturated heterocycles. The molecule has 0 spiro atoms. The summed E-state index contributed by atoms with van der Waals surface area (Å²) in [5, 5.41) is 14.0. The minimum absolute atomic E-state index is 0.820. The number of anilines is 1. The zero-order chi connectivity index (χ0) is 11.7. The first kappa shape index (κ1) is 10.2. The van der Waals surface area contributed by atoms with Crippen LogP contribution in [0.2, 0.25) is 0 Å². The van der Waals surface area contributed by atoms with Crippen molar-refractivity contribution in [1.29, 1.82) is 0 Å². The maximum Gasteiger partial charge on any atom is 0.205 e. The Morgan fingerprint density at radius 2 is 2.12 bits per heavy atom. The van der Waals surface area contributed by atoms with Gasteiger partial charge in [-0.05, 0) is 12.1 Å². The van der Waals surface area contributed by atoms with E-state index in [-0.39, 0.29) is 0 Å². The third-order valence-corrected chi connectivity index (χ3v) is 3.48. The molecule has 1 aromatic carbocycles. The summed E-state index contributed by atoms with van der Waals surface area (Å²) in [6.45, 7) is 0. The van der Waals surface area contributed by atoms with E-state index in [2.05, 4.69) is 26.6 Å². The first-order valence-electron chi connectivity index (χ1n) is 5.23. The number of nitrogens with one attached hydrogen (secondary N) is 1. The number of nitrogens with zero attached hydrogens (tertiary/aromatic N) is 3. The van der Waals surface area contributed by atoms with E-state index < -0.39 is 0 Å². The zero-order valence-corrected chi connectivity index (χ0v) is 10.0. The van der Waals surface area contributed by atoms with Gasteiger partial charge in [0.25, 0.3) is 0 Å². The average Bonchev–Trinajstić information content (AvgIpc) is 2.87. The zero-order valence-electron chi connectivity index (χ0n) is 9.21. The molecule has 17 heavy (non-hydrogen) atoms. The van der Waals surface area contributed by atoms with E-state index in [0.29, 0.717) is 0 Å². The average molecular weight is 242 g/mol. The fourth-order valence-corrected chi connectivity index (χ4v) is 2.33. The Balaban J connectivity index is 2.11. The highest BCUT2D eigenvalue weighted by atomic mass is 32.1. The molecule has 0 atom stereocenters. The van der Waals surface area contributed by atoms with Gasteiger partial charge in [-0.25, -0.2) is 0 Å². The van der Waals surface area contributed by atoms with Crippen molar-refractivity contribution < 1.29 is 0 Å². The number of hydrogen-bond acceptors (Lipinski definition) is 5. The van der Waals surface area contributed by atoms with Crippen LogP contribution in [0.25, 0.3) is 21.5 Å². The molecule has 0 aliphatic heterocycles. The molecule has 0 aliphatic carbocycles. The molecule has 2 heterocycles. The van der Waals surface area contributed by atoms with Gasteiger partial charge in [0.2, 0.25) is 5.13 Å². The Bertz CT molecular complexity index is 662. The summed E-state index contributed by atoms with van der Waals surface area (Å²) in [5.74, 6) is 0. The highest BCUT2D eigenvalue weighted by Crippen LogP contribution is 2.27. The summed E-state index contributed by atoms with van der Waals surface area (Å²) in [7, 11) is 1.84. The van der Waals surface area contributed by atoms with Crippen LogP contribution in [-0.2, 0) is 0 Å². The van der Waals surface area contributed by atoms with Crippen LogP contribution in [0.4, 0.5) is 5.13 Å². The third kappa shape index (κ3) is 1.85. The van der Waals surface area contributed by atoms with E-state index in [0.717, 1.165) is 26.6 Å². The molecule has 3 rings (SSSR count). The van der Waals surface area contributed by atoms with Crippen LogP contribution in [0.1, 0.15) is 0 Å². The monoisotopic (exact) mass is 242 g/mol. The van der Waals surface area contributed by atoms with Crippen molar-refractivity contribution in [1.82, 2.24) is 15.2 Å². The van der Waals surface area contributed by atoms with Crippen molar-refractivity contribution in [2.24, 2.45) is 0 Å². The Morgan fingerprint density at radius 3 is 2.94 bits per heavy atom. The largest absolute Gasteiger partial charge is 0.363 e. The van der Waals surface area contributed by atoms with E-state index in [1.807, 2.05) is 31.3 Å². The predicted octanol–water partition coefficient (Wildman–Crippen LogP) is 2.80. The summed E-state index contributed by atoms with van der Waals surface area (Å²) < 4.78 is 0. The third-order valence-electron chi connectivity index (χ3n) is 2.49. The van der Waals surface area contributed by atoms with Crippen LogP contribution >= 0.6 is 11.3 Å². The second kappa shape index (κ2) is 4.10. The predicted molar refractivity (Wildman–Crippen MR) is 70.2 cm³/mol. The van der Waals surface area contributed by atoms with Gasteiger partial charge in [-0.2, -0.15) is 0 Å². The van der Waals surface area contributed by atoms with Crippen molar-refractivity contribution >= 4 is 27.4 Å². The lowest BCUT2D eigenvalue weighted by Gasteiger charge is -1.98. The molecule has 0 radical (unpaired) electrons. The summed E-state index contributed by atoms with van der Waals surface area (Å²) in [4.78, 5) is 4.34. The van der Waals surface area contributed by atoms with Gasteiger partial charge < -0.3 is 5.32 Å². The van der Waals surface area contributed by atoms with E-state index in [1.54, 1.807) is 6.20 Å². The lowest BCUT2D eigenvalue weighted by molar-refractivity contribution is 1.09. The van der Waals surface area contributed by atoms with E-state index in [1.165, 1.54) is 11.3 Å². The topological polar surface area (TPSA) is 50.7 Å². The van der Waals surface area contributed by atoms with Crippen molar-refractivity contribution in [2.45, 2.75) is 0 Å². The molecule has 4 nitrogen and oxygen atoms in total.